The highest BCUT2D eigenvalue weighted by Gasteiger charge is 2.28. The van der Waals surface area contributed by atoms with Crippen molar-refractivity contribution in [2.24, 2.45) is 5.92 Å². The van der Waals surface area contributed by atoms with Gasteiger partial charge in [0.1, 0.15) is 0 Å². The van der Waals surface area contributed by atoms with Crippen molar-refractivity contribution in [2.75, 3.05) is 39.3 Å². The molecule has 242 valence electrons. The molecular formula is C36H57N3O3Si2. The highest BCUT2D eigenvalue weighted by Crippen LogP contribution is 2.19. The van der Waals surface area contributed by atoms with Crippen LogP contribution in [0.5, 0.6) is 0 Å². The molecule has 3 aromatic carbocycles. The SMILES string of the molecule is COC(=O)C1CCN(Cc2ccccc2)C1.C[Si](C)(C)CN(CO)Cc1ccccc1.C[Si](C)(C)CNCc1ccccc1. The molecule has 0 radical (unpaired) electrons. The molecule has 0 bridgehead atoms. The Morgan fingerprint density at radius 2 is 1.36 bits per heavy atom. The summed E-state index contributed by atoms with van der Waals surface area (Å²) in [4.78, 5) is 15.8. The van der Waals surface area contributed by atoms with Gasteiger partial charge in [-0.1, -0.05) is 130 Å². The molecule has 0 aromatic heterocycles. The minimum Gasteiger partial charge on any atom is -0.469 e. The summed E-state index contributed by atoms with van der Waals surface area (Å²) in [6.45, 7) is 18.8. The maximum absolute atomic E-state index is 11.4. The Bertz CT molecular complexity index is 1170. The Morgan fingerprint density at radius 1 is 0.841 bits per heavy atom. The van der Waals surface area contributed by atoms with Crippen molar-refractivity contribution < 1.29 is 14.6 Å². The van der Waals surface area contributed by atoms with E-state index in [9.17, 15) is 9.90 Å². The number of esters is 1. The second kappa shape index (κ2) is 19.7. The molecule has 1 unspecified atom stereocenters. The topological polar surface area (TPSA) is 65.0 Å². The summed E-state index contributed by atoms with van der Waals surface area (Å²) in [5, 5.41) is 12.8. The van der Waals surface area contributed by atoms with Crippen LogP contribution >= 0.6 is 0 Å². The maximum Gasteiger partial charge on any atom is 0.310 e. The quantitative estimate of drug-likeness (QED) is 0.132. The number of ether oxygens (including phenoxy) is 1. The average molecular weight is 636 g/mol. The summed E-state index contributed by atoms with van der Waals surface area (Å²) >= 11 is 0. The van der Waals surface area contributed by atoms with Gasteiger partial charge in [-0.2, -0.15) is 0 Å². The van der Waals surface area contributed by atoms with Gasteiger partial charge in [0.2, 0.25) is 0 Å². The van der Waals surface area contributed by atoms with Crippen LogP contribution in [0.2, 0.25) is 39.3 Å². The maximum atomic E-state index is 11.4. The van der Waals surface area contributed by atoms with E-state index in [-0.39, 0.29) is 18.6 Å². The Kier molecular flexibility index (Phi) is 16.8. The predicted molar refractivity (Wildman–Crippen MR) is 191 cm³/mol. The molecule has 0 saturated carbocycles. The number of hydrogen-bond acceptors (Lipinski definition) is 6. The number of nitrogens with one attached hydrogen (secondary N) is 1. The van der Waals surface area contributed by atoms with Crippen molar-refractivity contribution >= 4 is 22.1 Å². The third-order valence-corrected chi connectivity index (χ3v) is 9.74. The number of aliphatic hydroxyl groups excluding tert-OH is 1. The smallest absolute Gasteiger partial charge is 0.310 e. The van der Waals surface area contributed by atoms with Crippen LogP contribution < -0.4 is 5.32 Å². The van der Waals surface area contributed by atoms with Crippen LogP contribution in [0.4, 0.5) is 0 Å². The predicted octanol–water partition coefficient (Wildman–Crippen LogP) is 6.65. The zero-order chi connectivity index (χ0) is 32.4. The van der Waals surface area contributed by atoms with Gasteiger partial charge in [-0.3, -0.25) is 14.6 Å². The molecule has 1 saturated heterocycles. The fraction of sp³-hybridized carbons (Fsp3) is 0.472. The number of nitrogens with zero attached hydrogens (tertiary/aromatic N) is 2. The first-order valence-corrected chi connectivity index (χ1v) is 23.3. The molecule has 0 amide bonds. The van der Waals surface area contributed by atoms with Gasteiger partial charge < -0.3 is 15.2 Å². The Balaban J connectivity index is 0.000000232. The lowest BCUT2D eigenvalue weighted by molar-refractivity contribution is -0.144. The van der Waals surface area contributed by atoms with Crippen LogP contribution in [0.15, 0.2) is 91.0 Å². The minimum atomic E-state index is -1.13. The third kappa shape index (κ3) is 17.0. The zero-order valence-corrected chi connectivity index (χ0v) is 30.3. The van der Waals surface area contributed by atoms with E-state index in [2.05, 4.69) is 109 Å². The largest absolute Gasteiger partial charge is 0.469 e. The normalized spacial score (nSPS) is 15.2. The highest BCUT2D eigenvalue weighted by molar-refractivity contribution is 6.76. The molecule has 0 spiro atoms. The van der Waals surface area contributed by atoms with E-state index in [0.29, 0.717) is 0 Å². The van der Waals surface area contributed by atoms with E-state index >= 15 is 0 Å². The van der Waals surface area contributed by atoms with E-state index in [4.69, 9.17) is 4.74 Å². The molecular weight excluding hydrogens is 579 g/mol. The third-order valence-electron chi connectivity index (χ3n) is 7.03. The van der Waals surface area contributed by atoms with E-state index in [1.165, 1.54) is 30.0 Å². The summed E-state index contributed by atoms with van der Waals surface area (Å²) in [5.74, 6) is -0.00993. The summed E-state index contributed by atoms with van der Waals surface area (Å²) < 4.78 is 4.77. The first kappa shape index (κ1) is 37.6. The molecule has 4 rings (SSSR count). The first-order chi connectivity index (χ1) is 20.9. The second-order valence-corrected chi connectivity index (χ2v) is 25.0. The van der Waals surface area contributed by atoms with Crippen molar-refractivity contribution in [3.05, 3.63) is 108 Å². The molecule has 1 heterocycles. The average Bonchev–Trinajstić information content (AvgIpc) is 3.46. The van der Waals surface area contributed by atoms with Gasteiger partial charge >= 0.3 is 5.97 Å². The summed E-state index contributed by atoms with van der Waals surface area (Å²) in [6, 6.07) is 31.2. The number of aliphatic hydroxyl groups is 1. The molecule has 6 nitrogen and oxygen atoms in total. The number of hydrogen-bond donors (Lipinski definition) is 2. The summed E-state index contributed by atoms with van der Waals surface area (Å²) in [7, 11) is -0.591. The standard InChI is InChI=1S/C13H17NO2.C12H21NOSi.C11H19NSi/c1-16-13(15)12-7-8-14(10-12)9-11-5-3-2-4-6-11;1-15(2,3)11-13(10-14)9-12-7-5-4-6-8-12;1-13(2,3)10-12-9-11-7-5-4-6-8-11/h2-6,12H,7-10H2,1H3;4-8,14H,9-11H2,1-3H3;4-8,12H,9-10H2,1-3H3. The lowest BCUT2D eigenvalue weighted by Gasteiger charge is -2.26. The Hall–Kier alpha value is -2.60. The van der Waals surface area contributed by atoms with Gasteiger partial charge in [0.05, 0.1) is 35.9 Å². The summed E-state index contributed by atoms with van der Waals surface area (Å²) in [6.07, 6.45) is 3.15. The van der Waals surface area contributed by atoms with E-state index < -0.39 is 16.1 Å². The van der Waals surface area contributed by atoms with E-state index in [0.717, 1.165) is 45.3 Å². The summed E-state index contributed by atoms with van der Waals surface area (Å²) in [5.41, 5.74) is 3.94. The number of likely N-dealkylation sites (tertiary alicyclic amines) is 1. The van der Waals surface area contributed by atoms with Crippen molar-refractivity contribution in [3.8, 4) is 0 Å². The van der Waals surface area contributed by atoms with Crippen LogP contribution in [0.3, 0.4) is 0 Å². The van der Waals surface area contributed by atoms with Gasteiger partial charge in [0.25, 0.3) is 0 Å². The molecule has 1 aliphatic rings. The van der Waals surface area contributed by atoms with Gasteiger partial charge in [-0.15, -0.1) is 0 Å². The highest BCUT2D eigenvalue weighted by atomic mass is 28.3. The number of carbonyl (C=O) groups excluding carboxylic acids is 1. The van der Waals surface area contributed by atoms with Gasteiger partial charge in [-0.05, 0) is 42.0 Å². The number of benzene rings is 3. The van der Waals surface area contributed by atoms with Crippen LogP contribution in [0.25, 0.3) is 0 Å². The number of carbonyl (C=O) groups is 1. The molecule has 2 N–H and O–H groups in total. The molecule has 44 heavy (non-hydrogen) atoms. The lowest BCUT2D eigenvalue weighted by Crippen LogP contribution is -2.40. The van der Waals surface area contributed by atoms with Crippen molar-refractivity contribution in [1.29, 1.82) is 0 Å². The fourth-order valence-electron chi connectivity index (χ4n) is 5.02. The van der Waals surface area contributed by atoms with Crippen LogP contribution in [0.1, 0.15) is 23.1 Å². The van der Waals surface area contributed by atoms with Crippen LogP contribution in [0, 0.1) is 5.92 Å². The van der Waals surface area contributed by atoms with Crippen LogP contribution in [-0.2, 0) is 29.2 Å². The molecule has 1 atom stereocenters. The van der Waals surface area contributed by atoms with E-state index in [1.807, 2.05) is 36.4 Å². The fourth-order valence-corrected chi connectivity index (χ4v) is 7.45. The van der Waals surface area contributed by atoms with Crippen LogP contribution in [-0.4, -0.2) is 76.3 Å². The zero-order valence-electron chi connectivity index (χ0n) is 28.3. The first-order valence-electron chi connectivity index (χ1n) is 15.8. The van der Waals surface area contributed by atoms with Gasteiger partial charge in [-0.25, -0.2) is 0 Å². The second-order valence-electron chi connectivity index (χ2n) is 14.1. The Morgan fingerprint density at radius 3 is 1.84 bits per heavy atom. The van der Waals surface area contributed by atoms with Crippen molar-refractivity contribution in [2.45, 2.75) is 65.3 Å². The van der Waals surface area contributed by atoms with E-state index in [1.54, 1.807) is 0 Å². The molecule has 0 aliphatic carbocycles. The number of rotatable bonds is 12. The van der Waals surface area contributed by atoms with Gasteiger partial charge in [0, 0.05) is 26.2 Å². The molecule has 3 aromatic rings. The molecule has 1 fully saturated rings. The molecule has 1 aliphatic heterocycles. The lowest BCUT2D eigenvalue weighted by atomic mass is 10.1. The van der Waals surface area contributed by atoms with Crippen molar-refractivity contribution in [3.63, 3.8) is 0 Å². The minimum absolute atomic E-state index is 0.0636. The van der Waals surface area contributed by atoms with Gasteiger partial charge in [0.15, 0.2) is 0 Å². The van der Waals surface area contributed by atoms with Crippen molar-refractivity contribution in [1.82, 2.24) is 15.1 Å². The Labute approximate surface area is 269 Å². The monoisotopic (exact) mass is 635 g/mol. The molecule has 8 heteroatoms. The number of methoxy groups -OCH3 is 1.